The number of rotatable bonds is 8. The molecule has 1 amide bonds. The minimum absolute atomic E-state index is 0.0187. The molecule has 8 heteroatoms. The minimum atomic E-state index is -1.26. The number of amides is 1. The lowest BCUT2D eigenvalue weighted by Crippen LogP contribution is -2.47. The van der Waals surface area contributed by atoms with E-state index >= 15 is 0 Å². The summed E-state index contributed by atoms with van der Waals surface area (Å²) < 4.78 is 12.1. The van der Waals surface area contributed by atoms with Gasteiger partial charge in [-0.1, -0.05) is 34.1 Å². The molecule has 2 aromatic carbocycles. The van der Waals surface area contributed by atoms with E-state index in [9.17, 15) is 10.0 Å². The molecule has 1 atom stereocenters. The van der Waals surface area contributed by atoms with Crippen LogP contribution in [0.3, 0.4) is 0 Å². The summed E-state index contributed by atoms with van der Waals surface area (Å²) in [6.07, 6.45) is 0.831. The van der Waals surface area contributed by atoms with Crippen molar-refractivity contribution in [3.63, 3.8) is 0 Å². The van der Waals surface area contributed by atoms with Gasteiger partial charge in [0.2, 0.25) is 5.90 Å². The number of hydrogen-bond acceptors (Lipinski definition) is 6. The molecule has 3 N–H and O–H groups in total. The topological polar surface area (TPSA) is 100 Å². The van der Waals surface area contributed by atoms with Crippen molar-refractivity contribution in [2.24, 2.45) is 4.99 Å². The average Bonchev–Trinajstić information content (AvgIpc) is 3.15. The Kier molecular flexibility index (Phi) is 6.66. The van der Waals surface area contributed by atoms with Gasteiger partial charge in [-0.05, 0) is 35.9 Å². The monoisotopic (exact) mass is 448 g/mol. The number of nitrogens with one attached hydrogen (secondary N) is 1. The van der Waals surface area contributed by atoms with E-state index in [0.717, 1.165) is 10.0 Å². The number of aliphatic imine (C=N–C) groups is 1. The Morgan fingerprint density at radius 2 is 2.00 bits per heavy atom. The second kappa shape index (κ2) is 9.18. The first-order valence-corrected chi connectivity index (χ1v) is 9.62. The van der Waals surface area contributed by atoms with Gasteiger partial charge in [0.05, 0.1) is 6.61 Å². The van der Waals surface area contributed by atoms with Crippen molar-refractivity contribution in [2.45, 2.75) is 18.4 Å². The molecule has 0 fully saturated rings. The third-order valence-electron chi connectivity index (χ3n) is 4.40. The van der Waals surface area contributed by atoms with Crippen LogP contribution in [0, 0.1) is 0 Å². The summed E-state index contributed by atoms with van der Waals surface area (Å²) in [6.45, 7) is 0.527. The maximum Gasteiger partial charge on any atom is 0.275 e. The molecule has 1 aliphatic heterocycles. The van der Waals surface area contributed by atoms with Crippen LogP contribution < -0.4 is 10.2 Å². The number of carbonyl (C=O) groups excluding carboxylic acids is 1. The average molecular weight is 449 g/mol. The second-order valence-corrected chi connectivity index (χ2v) is 7.25. The third kappa shape index (κ3) is 4.52. The third-order valence-corrected chi connectivity index (χ3v) is 5.17. The number of halogens is 1. The van der Waals surface area contributed by atoms with Crippen LogP contribution in [0.5, 0.6) is 5.75 Å². The summed E-state index contributed by atoms with van der Waals surface area (Å²) >= 11 is 3.48. The molecule has 0 saturated carbocycles. The zero-order valence-electron chi connectivity index (χ0n) is 15.1. The number of aliphatic hydroxyl groups is 1. The molecule has 1 aliphatic rings. The van der Waals surface area contributed by atoms with Crippen molar-refractivity contribution >= 4 is 27.7 Å². The SMILES string of the molecule is O=C(NO)[C@]1(Cc2ccccc2Br)COC(c2ccc(OCCCO)cc2)=N1. The van der Waals surface area contributed by atoms with Crippen molar-refractivity contribution in [3.05, 3.63) is 64.1 Å². The number of hydroxylamine groups is 1. The van der Waals surface area contributed by atoms with Gasteiger partial charge in [-0.2, -0.15) is 0 Å². The summed E-state index contributed by atoms with van der Waals surface area (Å²) in [5, 5.41) is 18.0. The first-order chi connectivity index (χ1) is 13.6. The van der Waals surface area contributed by atoms with Crippen LogP contribution in [0.15, 0.2) is 58.0 Å². The lowest BCUT2D eigenvalue weighted by Gasteiger charge is -2.22. The Labute approximate surface area is 171 Å². The molecular formula is C20H21BrN2O5. The maximum atomic E-state index is 12.4. The van der Waals surface area contributed by atoms with Gasteiger partial charge in [-0.15, -0.1) is 0 Å². The van der Waals surface area contributed by atoms with E-state index in [1.807, 2.05) is 24.3 Å². The van der Waals surface area contributed by atoms with Crippen molar-refractivity contribution in [1.82, 2.24) is 5.48 Å². The summed E-state index contributed by atoms with van der Waals surface area (Å²) in [7, 11) is 0. The second-order valence-electron chi connectivity index (χ2n) is 6.40. The van der Waals surface area contributed by atoms with Crippen LogP contribution in [0.1, 0.15) is 17.5 Å². The van der Waals surface area contributed by atoms with Crippen LogP contribution in [-0.2, 0) is 16.0 Å². The number of hydrogen-bond donors (Lipinski definition) is 3. The maximum absolute atomic E-state index is 12.4. The molecule has 0 unspecified atom stereocenters. The molecule has 7 nitrogen and oxygen atoms in total. The van der Waals surface area contributed by atoms with E-state index in [2.05, 4.69) is 20.9 Å². The Morgan fingerprint density at radius 1 is 1.25 bits per heavy atom. The van der Waals surface area contributed by atoms with Crippen LogP contribution in [0.25, 0.3) is 0 Å². The fraction of sp³-hybridized carbons (Fsp3) is 0.300. The molecule has 0 spiro atoms. The Morgan fingerprint density at radius 3 is 2.68 bits per heavy atom. The predicted octanol–water partition coefficient (Wildman–Crippen LogP) is 2.47. The van der Waals surface area contributed by atoms with Gasteiger partial charge < -0.3 is 14.6 Å². The Hall–Kier alpha value is -2.42. The van der Waals surface area contributed by atoms with E-state index in [-0.39, 0.29) is 19.6 Å². The van der Waals surface area contributed by atoms with Crippen LogP contribution in [-0.4, -0.2) is 47.5 Å². The predicted molar refractivity (Wildman–Crippen MR) is 107 cm³/mol. The zero-order valence-corrected chi connectivity index (χ0v) is 16.7. The van der Waals surface area contributed by atoms with Crippen molar-refractivity contribution in [1.29, 1.82) is 0 Å². The number of nitrogens with zero attached hydrogens (tertiary/aromatic N) is 1. The quantitative estimate of drug-likeness (QED) is 0.327. The molecule has 2 aromatic rings. The van der Waals surface area contributed by atoms with Gasteiger partial charge in [-0.3, -0.25) is 10.0 Å². The van der Waals surface area contributed by atoms with E-state index in [1.54, 1.807) is 29.7 Å². The largest absolute Gasteiger partial charge is 0.494 e. The first kappa shape index (κ1) is 20.3. The Bertz CT molecular complexity index is 856. The fourth-order valence-electron chi connectivity index (χ4n) is 2.89. The zero-order chi connectivity index (χ0) is 20.0. The normalized spacial score (nSPS) is 18.3. The van der Waals surface area contributed by atoms with Gasteiger partial charge >= 0.3 is 0 Å². The Balaban J connectivity index is 1.82. The lowest BCUT2D eigenvalue weighted by atomic mass is 9.92. The number of aliphatic hydroxyl groups excluding tert-OH is 1. The molecule has 1 heterocycles. The number of ether oxygens (including phenoxy) is 2. The highest BCUT2D eigenvalue weighted by atomic mass is 79.9. The smallest absolute Gasteiger partial charge is 0.275 e. The van der Waals surface area contributed by atoms with Gasteiger partial charge in [0, 0.05) is 29.5 Å². The van der Waals surface area contributed by atoms with Gasteiger partial charge in [0.15, 0.2) is 5.54 Å². The fourth-order valence-corrected chi connectivity index (χ4v) is 3.32. The van der Waals surface area contributed by atoms with Crippen molar-refractivity contribution in [3.8, 4) is 5.75 Å². The highest BCUT2D eigenvalue weighted by Gasteiger charge is 2.44. The number of benzene rings is 2. The molecule has 0 saturated heterocycles. The molecule has 0 bridgehead atoms. The van der Waals surface area contributed by atoms with E-state index in [4.69, 9.17) is 14.6 Å². The summed E-state index contributed by atoms with van der Waals surface area (Å²) in [5.74, 6) is 0.378. The molecule has 0 aromatic heterocycles. The van der Waals surface area contributed by atoms with E-state index in [1.165, 1.54) is 0 Å². The van der Waals surface area contributed by atoms with Crippen LogP contribution in [0.2, 0.25) is 0 Å². The molecule has 28 heavy (non-hydrogen) atoms. The van der Waals surface area contributed by atoms with E-state index < -0.39 is 11.4 Å². The highest BCUT2D eigenvalue weighted by Crippen LogP contribution is 2.30. The van der Waals surface area contributed by atoms with Gasteiger partial charge in [0.1, 0.15) is 12.4 Å². The summed E-state index contributed by atoms with van der Waals surface area (Å²) in [6, 6.07) is 14.7. The van der Waals surface area contributed by atoms with Gasteiger partial charge in [-0.25, -0.2) is 10.5 Å². The molecule has 0 aliphatic carbocycles. The van der Waals surface area contributed by atoms with Crippen LogP contribution >= 0.6 is 15.9 Å². The van der Waals surface area contributed by atoms with E-state index in [0.29, 0.717) is 30.2 Å². The molecule has 3 rings (SSSR count). The first-order valence-electron chi connectivity index (χ1n) is 8.83. The summed E-state index contributed by atoms with van der Waals surface area (Å²) in [5.41, 5.74) is 2.04. The highest BCUT2D eigenvalue weighted by molar-refractivity contribution is 9.10. The van der Waals surface area contributed by atoms with Crippen molar-refractivity contribution in [2.75, 3.05) is 19.8 Å². The molecule has 148 valence electrons. The number of carbonyl (C=O) groups is 1. The van der Waals surface area contributed by atoms with Gasteiger partial charge in [0.25, 0.3) is 5.91 Å². The standard InChI is InChI=1S/C20H21BrN2O5/c21-17-5-2-1-4-15(17)12-20(19(25)23-26)13-28-18(22-20)14-6-8-16(9-7-14)27-11-3-10-24/h1-2,4-9,24,26H,3,10-13H2,(H,23,25)/t20-/m0/s1. The molecular weight excluding hydrogens is 428 g/mol. The molecule has 0 radical (unpaired) electrons. The minimum Gasteiger partial charge on any atom is -0.494 e. The summed E-state index contributed by atoms with van der Waals surface area (Å²) in [4.78, 5) is 17.0. The lowest BCUT2D eigenvalue weighted by molar-refractivity contribution is -0.135. The van der Waals surface area contributed by atoms with Crippen LogP contribution in [0.4, 0.5) is 0 Å². The van der Waals surface area contributed by atoms with Crippen molar-refractivity contribution < 1.29 is 24.6 Å².